The predicted molar refractivity (Wildman–Crippen MR) is 84.4 cm³/mol. The largest absolute Gasteiger partial charge is 0.504 e. The van der Waals surface area contributed by atoms with Crippen molar-refractivity contribution in [2.45, 2.75) is 26.1 Å². The summed E-state index contributed by atoms with van der Waals surface area (Å²) in [5.74, 6) is -0.298. The van der Waals surface area contributed by atoms with Gasteiger partial charge in [0.25, 0.3) is 0 Å². The van der Waals surface area contributed by atoms with Crippen molar-refractivity contribution in [3.05, 3.63) is 47.5 Å². The molecule has 0 spiro atoms. The molecule has 1 aliphatic rings. The lowest BCUT2D eigenvalue weighted by Gasteiger charge is -2.17. The van der Waals surface area contributed by atoms with Crippen molar-refractivity contribution in [2.75, 3.05) is 0 Å². The van der Waals surface area contributed by atoms with Crippen LogP contribution in [0.3, 0.4) is 0 Å². The van der Waals surface area contributed by atoms with E-state index in [0.717, 1.165) is 11.1 Å². The number of aromatic hydroxyl groups is 4. The summed E-state index contributed by atoms with van der Waals surface area (Å²) in [6.07, 6.45) is -0.449. The summed E-state index contributed by atoms with van der Waals surface area (Å²) < 4.78 is 6.16. The molecule has 4 N–H and O–H groups in total. The molecule has 0 aliphatic carbocycles. The van der Waals surface area contributed by atoms with Gasteiger partial charge in [-0.2, -0.15) is 0 Å². The number of hydrogen-bond donors (Lipinski definition) is 4. The second kappa shape index (κ2) is 5.66. The molecule has 1 heterocycles. The van der Waals surface area contributed by atoms with E-state index in [1.54, 1.807) is 12.1 Å². The van der Waals surface area contributed by atoms with E-state index in [2.05, 4.69) is 13.8 Å². The fraction of sp³-hybridized carbons (Fsp3) is 0.333. The fourth-order valence-electron chi connectivity index (χ4n) is 3.16. The van der Waals surface area contributed by atoms with Crippen LogP contribution in [0.15, 0.2) is 36.4 Å². The first kappa shape index (κ1) is 15.5. The maximum atomic E-state index is 9.70. The third kappa shape index (κ3) is 2.68. The van der Waals surface area contributed by atoms with Gasteiger partial charge in [0.15, 0.2) is 23.0 Å². The second-order valence-electron chi connectivity index (χ2n) is 6.19. The molecule has 1 aliphatic heterocycles. The Morgan fingerprint density at radius 3 is 1.39 bits per heavy atom. The van der Waals surface area contributed by atoms with Crippen molar-refractivity contribution in [2.24, 2.45) is 11.8 Å². The summed E-state index contributed by atoms with van der Waals surface area (Å²) in [4.78, 5) is 0. The highest BCUT2D eigenvalue weighted by molar-refractivity contribution is 5.43. The lowest BCUT2D eigenvalue weighted by Crippen LogP contribution is -2.09. The molecule has 0 saturated carbocycles. The summed E-state index contributed by atoms with van der Waals surface area (Å²) in [7, 11) is 0. The zero-order chi connectivity index (χ0) is 16.7. The number of phenols is 4. The van der Waals surface area contributed by atoms with Gasteiger partial charge in [-0.05, 0) is 47.2 Å². The van der Waals surface area contributed by atoms with E-state index in [1.807, 2.05) is 0 Å². The van der Waals surface area contributed by atoms with Crippen LogP contribution in [0.2, 0.25) is 0 Å². The number of phenolic OH excluding ortho intramolecular Hbond substituents is 4. The first-order valence-electron chi connectivity index (χ1n) is 7.57. The summed E-state index contributed by atoms with van der Waals surface area (Å²) in [6, 6.07) is 9.40. The van der Waals surface area contributed by atoms with Crippen LogP contribution in [0.25, 0.3) is 0 Å². The molecule has 5 heteroatoms. The van der Waals surface area contributed by atoms with Gasteiger partial charge in [0.1, 0.15) is 0 Å². The Balaban J connectivity index is 1.91. The maximum Gasteiger partial charge on any atom is 0.157 e. The van der Waals surface area contributed by atoms with Gasteiger partial charge in [0.2, 0.25) is 0 Å². The molecule has 0 amide bonds. The highest BCUT2D eigenvalue weighted by atomic mass is 16.5. The molecule has 23 heavy (non-hydrogen) atoms. The molecule has 1 fully saturated rings. The monoisotopic (exact) mass is 316 g/mol. The molecule has 122 valence electrons. The van der Waals surface area contributed by atoms with E-state index in [0.29, 0.717) is 0 Å². The smallest absolute Gasteiger partial charge is 0.157 e. The zero-order valence-corrected chi connectivity index (χ0v) is 13.0. The molecule has 1 saturated heterocycles. The SMILES string of the molecule is C[C@H]1[C@H](C)[C@H](c2ccc(O)c(O)c2)O[C@@H]1c1ccc(O)c(O)c1. The number of hydrogen-bond acceptors (Lipinski definition) is 5. The normalized spacial score (nSPS) is 27.2. The minimum Gasteiger partial charge on any atom is -0.504 e. The molecule has 0 radical (unpaired) electrons. The van der Waals surface area contributed by atoms with E-state index < -0.39 is 0 Å². The van der Waals surface area contributed by atoms with Crippen molar-refractivity contribution < 1.29 is 25.2 Å². The topological polar surface area (TPSA) is 90.2 Å². The van der Waals surface area contributed by atoms with Gasteiger partial charge in [-0.25, -0.2) is 0 Å². The van der Waals surface area contributed by atoms with Gasteiger partial charge >= 0.3 is 0 Å². The van der Waals surface area contributed by atoms with Crippen molar-refractivity contribution in [3.63, 3.8) is 0 Å². The first-order valence-corrected chi connectivity index (χ1v) is 7.57. The van der Waals surface area contributed by atoms with Crippen molar-refractivity contribution >= 4 is 0 Å². The Morgan fingerprint density at radius 1 is 0.652 bits per heavy atom. The van der Waals surface area contributed by atoms with Gasteiger partial charge in [-0.15, -0.1) is 0 Å². The van der Waals surface area contributed by atoms with Gasteiger partial charge in [-0.1, -0.05) is 26.0 Å². The predicted octanol–water partition coefficient (Wildman–Crippen LogP) is 3.59. The lowest BCUT2D eigenvalue weighted by atomic mass is 9.85. The number of benzene rings is 2. The summed E-state index contributed by atoms with van der Waals surface area (Å²) >= 11 is 0. The molecule has 4 atom stereocenters. The van der Waals surface area contributed by atoms with Crippen LogP contribution >= 0.6 is 0 Å². The molecule has 3 rings (SSSR count). The molecule has 5 nitrogen and oxygen atoms in total. The van der Waals surface area contributed by atoms with Gasteiger partial charge in [-0.3, -0.25) is 0 Å². The fourth-order valence-corrected chi connectivity index (χ4v) is 3.16. The average molecular weight is 316 g/mol. The lowest BCUT2D eigenvalue weighted by molar-refractivity contribution is 0.0288. The molecule has 2 aromatic carbocycles. The van der Waals surface area contributed by atoms with Gasteiger partial charge in [0.05, 0.1) is 12.2 Å². The van der Waals surface area contributed by atoms with Gasteiger partial charge in [0, 0.05) is 0 Å². The Labute approximate surface area is 134 Å². The molecule has 0 unspecified atom stereocenters. The minimum absolute atomic E-state index is 0.160. The highest BCUT2D eigenvalue weighted by Crippen LogP contribution is 2.50. The second-order valence-corrected chi connectivity index (χ2v) is 6.19. The van der Waals surface area contributed by atoms with E-state index in [4.69, 9.17) is 4.74 Å². The molecular weight excluding hydrogens is 296 g/mol. The Bertz CT molecular complexity index is 666. The van der Waals surface area contributed by atoms with E-state index >= 15 is 0 Å². The third-order valence-corrected chi connectivity index (χ3v) is 4.73. The van der Waals surface area contributed by atoms with E-state index in [1.165, 1.54) is 24.3 Å². The summed E-state index contributed by atoms with van der Waals surface area (Å²) in [6.45, 7) is 4.14. The summed E-state index contributed by atoms with van der Waals surface area (Å²) in [5.41, 5.74) is 1.59. The zero-order valence-electron chi connectivity index (χ0n) is 13.0. The Kier molecular flexibility index (Phi) is 3.82. The van der Waals surface area contributed by atoms with Crippen LogP contribution in [-0.2, 0) is 4.74 Å². The van der Waals surface area contributed by atoms with Crippen LogP contribution in [-0.4, -0.2) is 20.4 Å². The van der Waals surface area contributed by atoms with Crippen molar-refractivity contribution in [1.29, 1.82) is 0 Å². The quantitative estimate of drug-likeness (QED) is 0.636. The van der Waals surface area contributed by atoms with E-state index in [9.17, 15) is 20.4 Å². The Morgan fingerprint density at radius 2 is 1.04 bits per heavy atom. The maximum absolute atomic E-state index is 9.70. The van der Waals surface area contributed by atoms with Crippen LogP contribution in [0, 0.1) is 11.8 Å². The molecular formula is C18H20O5. The average Bonchev–Trinajstić information content (AvgIpc) is 2.81. The third-order valence-electron chi connectivity index (χ3n) is 4.73. The van der Waals surface area contributed by atoms with Crippen LogP contribution in [0.1, 0.15) is 37.2 Å². The van der Waals surface area contributed by atoms with E-state index in [-0.39, 0.29) is 47.0 Å². The van der Waals surface area contributed by atoms with Crippen molar-refractivity contribution in [3.8, 4) is 23.0 Å². The van der Waals surface area contributed by atoms with Crippen molar-refractivity contribution in [1.82, 2.24) is 0 Å². The molecule has 2 aromatic rings. The Hall–Kier alpha value is -2.40. The number of rotatable bonds is 2. The first-order chi connectivity index (χ1) is 10.9. The van der Waals surface area contributed by atoms with Gasteiger partial charge < -0.3 is 25.2 Å². The standard InChI is InChI=1S/C18H20O5/c1-9-10(2)18(12-4-6-14(20)16(22)8-12)23-17(9)11-3-5-13(19)15(21)7-11/h3-10,17-22H,1-2H3/t9-,10-,17-,18+/m0/s1. The van der Waals surface area contributed by atoms with Crippen LogP contribution < -0.4 is 0 Å². The highest BCUT2D eigenvalue weighted by Gasteiger charge is 2.40. The number of ether oxygens (including phenoxy) is 1. The van der Waals surface area contributed by atoms with Crippen LogP contribution in [0.4, 0.5) is 0 Å². The minimum atomic E-state index is -0.225. The summed E-state index contributed by atoms with van der Waals surface area (Å²) in [5, 5.41) is 38.3. The molecule has 0 bridgehead atoms. The van der Waals surface area contributed by atoms with Crippen LogP contribution in [0.5, 0.6) is 23.0 Å². The molecule has 0 aromatic heterocycles.